The Hall–Kier alpha value is -5.99. The molecule has 261 valence electrons. The van der Waals surface area contributed by atoms with Crippen molar-refractivity contribution in [3.63, 3.8) is 0 Å². The Kier molecular flexibility index (Phi) is 9.61. The molecule has 10 rings (SSSR count). The molecule has 0 atom stereocenters. The number of benzene rings is 7. The molecular weight excluding hydrogens is 833 g/mol. The molecule has 8 aromatic carbocycles. The molecule has 2 heterocycles. The zero-order valence-electron chi connectivity index (χ0n) is 30.3. The van der Waals surface area contributed by atoms with Crippen molar-refractivity contribution in [3.8, 4) is 11.3 Å². The van der Waals surface area contributed by atoms with Crippen LogP contribution in [0, 0.1) is 32.9 Å². The maximum Gasteiger partial charge on any atom is 0.0196 e. The third kappa shape index (κ3) is 6.93. The number of fused-ring (bicyclic) bond motifs is 15. The number of rotatable bonds is 1. The topological polar surface area (TPSA) is 25.8 Å². The molecule has 0 amide bonds. The standard InChI is InChI=1S/C38H24N.C13H12N.Ir/c1-24-23-39-38-22-35(24)33-10-4-9-31(19-33)29-7-2-5-27(17-29)28-6-3-8-30(18-28)32-15-13-25-11-12-26-14-16-34(38)21-37(26)36(25)20-32;1-10-3-6-12(7-4-10)13-8-5-11(2)9-14-13;/h2-15,17-23H,1H3;3-6,8-9H,1-2H3;/q2*-1;. The molecule has 0 saturated heterocycles. The van der Waals surface area contributed by atoms with Crippen LogP contribution >= 0.6 is 0 Å². The summed E-state index contributed by atoms with van der Waals surface area (Å²) in [5.41, 5.74) is 6.53. The summed E-state index contributed by atoms with van der Waals surface area (Å²) >= 11 is 0. The van der Waals surface area contributed by atoms with Crippen LogP contribution in [0.15, 0.2) is 164 Å². The van der Waals surface area contributed by atoms with E-state index in [0.29, 0.717) is 0 Å². The van der Waals surface area contributed by atoms with Crippen molar-refractivity contribution in [1.29, 1.82) is 0 Å². The average Bonchev–Trinajstić information content (AvgIpc) is 3.21. The van der Waals surface area contributed by atoms with E-state index in [4.69, 9.17) is 4.98 Å². The maximum atomic E-state index is 4.84. The van der Waals surface area contributed by atoms with Crippen molar-refractivity contribution >= 4 is 75.5 Å². The Morgan fingerprint density at radius 3 is 1.61 bits per heavy atom. The minimum atomic E-state index is 0. The molecule has 0 aliphatic rings. The van der Waals surface area contributed by atoms with Crippen LogP contribution in [0.1, 0.15) is 16.7 Å². The summed E-state index contributed by atoms with van der Waals surface area (Å²) < 4.78 is 0. The third-order valence-electron chi connectivity index (χ3n) is 10.2. The second-order valence-corrected chi connectivity index (χ2v) is 14.0. The fraction of sp³-hybridized carbons (Fsp3) is 0.0588. The van der Waals surface area contributed by atoms with Crippen LogP contribution in [0.25, 0.3) is 86.8 Å². The Labute approximate surface area is 328 Å². The molecule has 0 aliphatic heterocycles. The molecule has 3 heteroatoms. The number of aryl methyl sites for hydroxylation is 3. The number of hydrogen-bond donors (Lipinski definition) is 0. The summed E-state index contributed by atoms with van der Waals surface area (Å²) in [6.45, 7) is 6.23. The van der Waals surface area contributed by atoms with E-state index in [-0.39, 0.29) is 20.1 Å². The molecular formula is C51H36IrN2-2. The fourth-order valence-electron chi connectivity index (χ4n) is 7.21. The van der Waals surface area contributed by atoms with Crippen molar-refractivity contribution in [2.75, 3.05) is 0 Å². The van der Waals surface area contributed by atoms with E-state index >= 15 is 0 Å². The maximum absolute atomic E-state index is 4.84. The molecule has 12 bridgehead atoms. The van der Waals surface area contributed by atoms with E-state index in [1.807, 2.05) is 37.5 Å². The van der Waals surface area contributed by atoms with Gasteiger partial charge < -0.3 is 9.97 Å². The minimum Gasteiger partial charge on any atom is -0.304 e. The van der Waals surface area contributed by atoms with E-state index in [1.54, 1.807) is 0 Å². The molecule has 0 aliphatic carbocycles. The molecule has 54 heavy (non-hydrogen) atoms. The van der Waals surface area contributed by atoms with E-state index in [0.717, 1.165) is 27.7 Å². The third-order valence-corrected chi connectivity index (χ3v) is 10.2. The number of aromatic nitrogens is 2. The van der Waals surface area contributed by atoms with E-state index in [1.165, 1.54) is 75.8 Å². The van der Waals surface area contributed by atoms with Gasteiger partial charge in [0.05, 0.1) is 0 Å². The predicted octanol–water partition coefficient (Wildman–Crippen LogP) is 13.6. The van der Waals surface area contributed by atoms with Gasteiger partial charge in [0.25, 0.3) is 0 Å². The number of pyridine rings is 2. The first kappa shape index (κ1) is 35.1. The van der Waals surface area contributed by atoms with Crippen LogP contribution in [0.5, 0.6) is 0 Å². The van der Waals surface area contributed by atoms with Crippen LogP contribution in [-0.4, -0.2) is 9.97 Å². The van der Waals surface area contributed by atoms with E-state index in [9.17, 15) is 0 Å². The molecule has 2 aromatic heterocycles. The summed E-state index contributed by atoms with van der Waals surface area (Å²) in [6, 6.07) is 61.3. The van der Waals surface area contributed by atoms with Crippen molar-refractivity contribution < 1.29 is 20.1 Å². The largest absolute Gasteiger partial charge is 0.304 e. The smallest absolute Gasteiger partial charge is 0.0196 e. The zero-order valence-corrected chi connectivity index (χ0v) is 32.7. The molecule has 0 saturated carbocycles. The molecule has 0 N–H and O–H groups in total. The van der Waals surface area contributed by atoms with Gasteiger partial charge in [0.15, 0.2) is 0 Å². The quantitative estimate of drug-likeness (QED) is 0.121. The Morgan fingerprint density at radius 2 is 0.981 bits per heavy atom. The van der Waals surface area contributed by atoms with Crippen LogP contribution in [0.3, 0.4) is 0 Å². The van der Waals surface area contributed by atoms with E-state index < -0.39 is 0 Å². The average molecular weight is 869 g/mol. The second kappa shape index (κ2) is 14.8. The minimum absolute atomic E-state index is 0. The number of nitrogens with zero attached hydrogens (tertiary/aromatic N) is 2. The Morgan fingerprint density at radius 1 is 0.407 bits per heavy atom. The van der Waals surface area contributed by atoms with Crippen LogP contribution in [0.2, 0.25) is 0 Å². The fourth-order valence-corrected chi connectivity index (χ4v) is 7.21. The Balaban J connectivity index is 0.000000233. The van der Waals surface area contributed by atoms with Gasteiger partial charge in [-0.25, -0.2) is 0 Å². The molecule has 0 fully saturated rings. The summed E-state index contributed by atoms with van der Waals surface area (Å²) in [5.74, 6) is 0. The summed E-state index contributed by atoms with van der Waals surface area (Å²) in [7, 11) is 0. The van der Waals surface area contributed by atoms with Crippen molar-refractivity contribution in [2.45, 2.75) is 20.8 Å². The van der Waals surface area contributed by atoms with Crippen molar-refractivity contribution in [1.82, 2.24) is 9.97 Å². The van der Waals surface area contributed by atoms with Crippen LogP contribution < -0.4 is 0 Å². The second-order valence-electron chi connectivity index (χ2n) is 14.0. The van der Waals surface area contributed by atoms with E-state index in [2.05, 4.69) is 164 Å². The first-order valence-corrected chi connectivity index (χ1v) is 18.0. The molecule has 1 radical (unpaired) electrons. The van der Waals surface area contributed by atoms with Gasteiger partial charge in [0, 0.05) is 32.5 Å². The normalized spacial score (nSPS) is 11.1. The summed E-state index contributed by atoms with van der Waals surface area (Å²) in [4.78, 5) is 9.19. The van der Waals surface area contributed by atoms with Crippen LogP contribution in [0.4, 0.5) is 0 Å². The van der Waals surface area contributed by atoms with Gasteiger partial charge in [-0.05, 0) is 114 Å². The number of hydrogen-bond acceptors (Lipinski definition) is 2. The van der Waals surface area contributed by atoms with Gasteiger partial charge >= 0.3 is 0 Å². The van der Waals surface area contributed by atoms with Gasteiger partial charge in [0.1, 0.15) is 0 Å². The SMILES string of the molecule is Cc1c[c-]c(-c2ccc(C)cn2)cc1.Cc1cnc2cc1c1cccc(c1)c1cccc(c1)c1cccc(c1)c1ccc3ccc4c[c-]c2cc4c3c1.[Ir]. The van der Waals surface area contributed by atoms with Gasteiger partial charge in [-0.3, -0.25) is 0 Å². The predicted molar refractivity (Wildman–Crippen MR) is 226 cm³/mol. The molecule has 0 unspecified atom stereocenters. The summed E-state index contributed by atoms with van der Waals surface area (Å²) in [6.07, 6.45) is 3.87. The van der Waals surface area contributed by atoms with Gasteiger partial charge in [-0.1, -0.05) is 115 Å². The van der Waals surface area contributed by atoms with Crippen molar-refractivity contribution in [3.05, 3.63) is 193 Å². The monoisotopic (exact) mass is 869 g/mol. The molecule has 2 nitrogen and oxygen atoms in total. The summed E-state index contributed by atoms with van der Waals surface area (Å²) in [5, 5.41) is 15.6. The Bertz CT molecular complexity index is 3030. The van der Waals surface area contributed by atoms with Gasteiger partial charge in [-0.15, -0.1) is 59.0 Å². The van der Waals surface area contributed by atoms with Gasteiger partial charge in [0.2, 0.25) is 0 Å². The first-order valence-electron chi connectivity index (χ1n) is 18.0. The molecule has 10 aromatic rings. The van der Waals surface area contributed by atoms with Gasteiger partial charge in [-0.2, -0.15) is 0 Å². The zero-order chi connectivity index (χ0) is 35.9. The first-order chi connectivity index (χ1) is 25.9. The molecule has 0 spiro atoms. The van der Waals surface area contributed by atoms with Crippen molar-refractivity contribution in [2.24, 2.45) is 0 Å². The van der Waals surface area contributed by atoms with Crippen LogP contribution in [-0.2, 0) is 20.1 Å².